The third kappa shape index (κ3) is 4.14. The maximum Gasteiger partial charge on any atom is 0.434 e. The Balaban J connectivity index is 0.00000288. The van der Waals surface area contributed by atoms with Crippen molar-refractivity contribution in [3.63, 3.8) is 0 Å². The fraction of sp³-hybridized carbons (Fsp3) is 0.733. The number of thiazole rings is 1. The Bertz CT molecular complexity index is 596. The molecule has 0 saturated carbocycles. The highest BCUT2D eigenvalue weighted by Crippen LogP contribution is 2.46. The molecule has 2 rings (SSSR count). The summed E-state index contributed by atoms with van der Waals surface area (Å²) in [7, 11) is 0. The second kappa shape index (κ2) is 7.35. The van der Waals surface area contributed by atoms with Crippen molar-refractivity contribution in [1.82, 2.24) is 15.2 Å². The first-order valence-corrected chi connectivity index (χ1v) is 8.44. The van der Waals surface area contributed by atoms with Crippen molar-refractivity contribution in [3.8, 4) is 0 Å². The summed E-state index contributed by atoms with van der Waals surface area (Å²) >= 11 is 0.989. The molecule has 9 heteroatoms. The van der Waals surface area contributed by atoms with Gasteiger partial charge in [-0.25, -0.2) is 9.98 Å². The van der Waals surface area contributed by atoms with Crippen LogP contribution in [0.2, 0.25) is 0 Å². The van der Waals surface area contributed by atoms with Crippen LogP contribution in [-0.2, 0) is 12.7 Å². The summed E-state index contributed by atoms with van der Waals surface area (Å²) in [4.78, 5) is 10.3. The Morgan fingerprint density at radius 1 is 1.38 bits per heavy atom. The predicted octanol–water partition coefficient (Wildman–Crippen LogP) is 4.37. The zero-order valence-electron chi connectivity index (χ0n) is 14.5. The molecule has 4 nitrogen and oxygen atoms in total. The van der Waals surface area contributed by atoms with E-state index in [-0.39, 0.29) is 41.5 Å². The topological polar surface area (TPSA) is 40.5 Å². The number of nitrogens with one attached hydrogen (secondary N) is 1. The molecule has 1 fully saturated rings. The Labute approximate surface area is 162 Å². The van der Waals surface area contributed by atoms with Crippen molar-refractivity contribution in [2.45, 2.75) is 52.9 Å². The normalized spacial score (nSPS) is 19.5. The number of hydrogen-bond acceptors (Lipinski definition) is 3. The summed E-state index contributed by atoms with van der Waals surface area (Å²) in [5.74, 6) is 0.723. The van der Waals surface area contributed by atoms with Crippen LogP contribution >= 0.6 is 35.3 Å². The first kappa shape index (κ1) is 21.5. The van der Waals surface area contributed by atoms with E-state index in [4.69, 9.17) is 0 Å². The van der Waals surface area contributed by atoms with Crippen LogP contribution in [-0.4, -0.2) is 34.5 Å². The number of halogens is 4. The summed E-state index contributed by atoms with van der Waals surface area (Å²) in [6, 6.07) is 0. The van der Waals surface area contributed by atoms with Crippen LogP contribution in [0.3, 0.4) is 0 Å². The van der Waals surface area contributed by atoms with Crippen LogP contribution in [0.5, 0.6) is 0 Å². The third-order valence-corrected chi connectivity index (χ3v) is 5.51. The molecule has 0 bridgehead atoms. The molecule has 0 radical (unpaired) electrons. The molecule has 1 aliphatic heterocycles. The molecule has 138 valence electrons. The van der Waals surface area contributed by atoms with Gasteiger partial charge in [0.2, 0.25) is 0 Å². The Hall–Kier alpha value is -0.580. The maximum atomic E-state index is 12.6. The standard InChI is InChI=1S/C15H23F3N4S.HI/c1-6-19-12(22-9-13(2,3)14(22,4)5)20-7-11-21-10(8-23-11)15(16,17)18;/h8H,6-7,9H2,1-5H3,(H,19,20);1H. The molecule has 0 aromatic carbocycles. The van der Waals surface area contributed by atoms with Gasteiger partial charge >= 0.3 is 6.18 Å². The molecule has 1 saturated heterocycles. The van der Waals surface area contributed by atoms with Gasteiger partial charge in [-0.2, -0.15) is 13.2 Å². The molecule has 1 aliphatic rings. The lowest BCUT2D eigenvalue weighted by Gasteiger charge is -2.62. The number of hydrogen-bond donors (Lipinski definition) is 1. The Morgan fingerprint density at radius 3 is 2.42 bits per heavy atom. The van der Waals surface area contributed by atoms with Crippen molar-refractivity contribution in [1.29, 1.82) is 0 Å². The maximum absolute atomic E-state index is 12.6. The number of rotatable bonds is 3. The van der Waals surface area contributed by atoms with E-state index in [0.29, 0.717) is 11.6 Å². The van der Waals surface area contributed by atoms with E-state index in [1.54, 1.807) is 0 Å². The van der Waals surface area contributed by atoms with Gasteiger partial charge in [0, 0.05) is 29.4 Å². The number of likely N-dealkylation sites (tertiary alicyclic amines) is 1. The lowest BCUT2D eigenvalue weighted by molar-refractivity contribution is -0.140. The van der Waals surface area contributed by atoms with Gasteiger partial charge in [0.1, 0.15) is 5.01 Å². The van der Waals surface area contributed by atoms with Crippen LogP contribution in [0.25, 0.3) is 0 Å². The van der Waals surface area contributed by atoms with Gasteiger partial charge in [-0.15, -0.1) is 35.3 Å². The third-order valence-electron chi connectivity index (χ3n) is 4.68. The summed E-state index contributed by atoms with van der Waals surface area (Å²) in [5, 5.41) is 4.62. The van der Waals surface area contributed by atoms with Crippen molar-refractivity contribution in [2.24, 2.45) is 10.4 Å². The van der Waals surface area contributed by atoms with Gasteiger partial charge < -0.3 is 10.2 Å². The van der Waals surface area contributed by atoms with E-state index >= 15 is 0 Å². The second-order valence-electron chi connectivity index (χ2n) is 6.82. The van der Waals surface area contributed by atoms with E-state index in [0.717, 1.165) is 29.2 Å². The molecule has 1 aromatic rings. The highest BCUT2D eigenvalue weighted by atomic mass is 127. The van der Waals surface area contributed by atoms with Crippen LogP contribution in [0.4, 0.5) is 13.2 Å². The molecule has 2 heterocycles. The zero-order valence-corrected chi connectivity index (χ0v) is 17.6. The fourth-order valence-electron chi connectivity index (χ4n) is 2.45. The van der Waals surface area contributed by atoms with E-state index in [2.05, 4.69) is 47.9 Å². The molecule has 0 unspecified atom stereocenters. The molecule has 24 heavy (non-hydrogen) atoms. The van der Waals surface area contributed by atoms with Crippen molar-refractivity contribution in [2.75, 3.05) is 13.1 Å². The Morgan fingerprint density at radius 2 is 2.00 bits per heavy atom. The van der Waals surface area contributed by atoms with Gasteiger partial charge in [-0.1, -0.05) is 13.8 Å². The van der Waals surface area contributed by atoms with E-state index in [9.17, 15) is 13.2 Å². The number of nitrogens with zero attached hydrogens (tertiary/aromatic N) is 3. The van der Waals surface area contributed by atoms with Gasteiger partial charge in [0.05, 0.1) is 6.54 Å². The number of guanidine groups is 1. The van der Waals surface area contributed by atoms with Crippen LogP contribution in [0.15, 0.2) is 10.4 Å². The van der Waals surface area contributed by atoms with Crippen LogP contribution < -0.4 is 5.32 Å². The summed E-state index contributed by atoms with van der Waals surface area (Å²) < 4.78 is 37.8. The van der Waals surface area contributed by atoms with E-state index in [1.165, 1.54) is 0 Å². The first-order valence-electron chi connectivity index (χ1n) is 7.56. The first-order chi connectivity index (χ1) is 10.5. The highest BCUT2D eigenvalue weighted by Gasteiger charge is 2.53. The van der Waals surface area contributed by atoms with Gasteiger partial charge in [-0.05, 0) is 20.8 Å². The van der Waals surface area contributed by atoms with Crippen LogP contribution in [0, 0.1) is 5.41 Å². The minimum Gasteiger partial charge on any atom is -0.356 e. The van der Waals surface area contributed by atoms with Gasteiger partial charge in [0.15, 0.2) is 11.7 Å². The van der Waals surface area contributed by atoms with Gasteiger partial charge in [0.25, 0.3) is 0 Å². The van der Waals surface area contributed by atoms with Crippen molar-refractivity contribution in [3.05, 3.63) is 16.1 Å². The number of aromatic nitrogens is 1. The minimum absolute atomic E-state index is 0. The Kier molecular flexibility index (Phi) is 6.57. The lowest BCUT2D eigenvalue weighted by atomic mass is 9.65. The largest absolute Gasteiger partial charge is 0.434 e. The fourth-order valence-corrected chi connectivity index (χ4v) is 3.18. The van der Waals surface area contributed by atoms with E-state index < -0.39 is 11.9 Å². The van der Waals surface area contributed by atoms with Crippen LogP contribution in [0.1, 0.15) is 45.3 Å². The summed E-state index contributed by atoms with van der Waals surface area (Å²) in [6.45, 7) is 12.4. The average molecular weight is 476 g/mol. The zero-order chi connectivity index (χ0) is 17.5. The molecular formula is C15H24F3IN4S. The SMILES string of the molecule is CCNC(=NCc1nc(C(F)(F)F)cs1)N1CC(C)(C)C1(C)C.I. The monoisotopic (exact) mass is 476 g/mol. The second-order valence-corrected chi connectivity index (χ2v) is 7.77. The van der Waals surface area contributed by atoms with Crippen molar-refractivity contribution < 1.29 is 13.2 Å². The number of alkyl halides is 3. The predicted molar refractivity (Wildman–Crippen MR) is 102 cm³/mol. The van der Waals surface area contributed by atoms with Gasteiger partial charge in [-0.3, -0.25) is 0 Å². The highest BCUT2D eigenvalue weighted by molar-refractivity contribution is 14.0. The minimum atomic E-state index is -4.40. The van der Waals surface area contributed by atoms with Crippen molar-refractivity contribution >= 4 is 41.3 Å². The molecule has 1 aromatic heterocycles. The lowest BCUT2D eigenvalue weighted by Crippen LogP contribution is -2.72. The quantitative estimate of drug-likeness (QED) is 0.401. The number of aliphatic imine (C=N–C) groups is 1. The van der Waals surface area contributed by atoms with E-state index in [1.807, 2.05) is 6.92 Å². The molecular weight excluding hydrogens is 452 g/mol. The molecule has 0 amide bonds. The summed E-state index contributed by atoms with van der Waals surface area (Å²) in [6.07, 6.45) is -4.40. The molecule has 0 spiro atoms. The average Bonchev–Trinajstić information content (AvgIpc) is 2.90. The molecule has 1 N–H and O–H groups in total. The smallest absolute Gasteiger partial charge is 0.356 e. The summed E-state index contributed by atoms with van der Waals surface area (Å²) in [5.41, 5.74) is -0.745. The molecule has 0 atom stereocenters. The molecule has 0 aliphatic carbocycles.